The molecule has 1 aliphatic rings. The Labute approximate surface area is 155 Å². The van der Waals surface area contributed by atoms with E-state index >= 15 is 0 Å². The van der Waals surface area contributed by atoms with Crippen molar-refractivity contribution in [3.8, 4) is 11.8 Å². The molecule has 3 heterocycles. The number of amides is 1. The van der Waals surface area contributed by atoms with Gasteiger partial charge in [0.15, 0.2) is 17.7 Å². The van der Waals surface area contributed by atoms with E-state index in [4.69, 9.17) is 10.5 Å². The fourth-order valence-electron chi connectivity index (χ4n) is 2.88. The topological polar surface area (TPSA) is 148 Å². The van der Waals surface area contributed by atoms with E-state index in [0.717, 1.165) is 19.3 Å². The highest BCUT2D eigenvalue weighted by atomic mass is 16.6. The van der Waals surface area contributed by atoms with E-state index in [0.29, 0.717) is 17.6 Å². The number of nitrogen functional groups attached to an aromatic ring is 1. The van der Waals surface area contributed by atoms with Crippen LogP contribution in [0.3, 0.4) is 0 Å². The summed E-state index contributed by atoms with van der Waals surface area (Å²) >= 11 is 0. The van der Waals surface area contributed by atoms with Crippen LogP contribution in [0.25, 0.3) is 11.2 Å². The molecule has 4 atom stereocenters. The van der Waals surface area contributed by atoms with Crippen molar-refractivity contribution in [2.24, 2.45) is 0 Å². The molecule has 27 heavy (non-hydrogen) atoms. The number of aliphatic hydroxyl groups is 2. The molecule has 1 unspecified atom stereocenters. The maximum absolute atomic E-state index is 10.5. The number of nitrogens with two attached hydrogens (primary N) is 1. The van der Waals surface area contributed by atoms with Crippen molar-refractivity contribution in [2.75, 3.05) is 12.3 Å². The lowest BCUT2D eigenvalue weighted by Crippen LogP contribution is -2.37. The van der Waals surface area contributed by atoms with Crippen LogP contribution in [-0.2, 0) is 9.53 Å². The summed E-state index contributed by atoms with van der Waals surface area (Å²) in [6, 6.07) is 0. The number of fused-ring (bicyclic) bond motifs is 1. The molecule has 0 bridgehead atoms. The molecule has 0 saturated carbocycles. The summed E-state index contributed by atoms with van der Waals surface area (Å²) in [5.74, 6) is 6.31. The summed E-state index contributed by atoms with van der Waals surface area (Å²) in [6.07, 6.45) is 0.586. The molecule has 144 valence electrons. The minimum atomic E-state index is -1.23. The number of hydrogen-bond donors (Lipinski definition) is 4. The van der Waals surface area contributed by atoms with Gasteiger partial charge in [-0.25, -0.2) is 15.0 Å². The monoisotopic (exact) mass is 374 g/mol. The fourth-order valence-corrected chi connectivity index (χ4v) is 2.88. The molecule has 0 radical (unpaired) electrons. The Morgan fingerprint density at radius 2 is 2.22 bits per heavy atom. The van der Waals surface area contributed by atoms with Crippen molar-refractivity contribution in [3.63, 3.8) is 0 Å². The van der Waals surface area contributed by atoms with Gasteiger partial charge in [0, 0.05) is 13.0 Å². The van der Waals surface area contributed by atoms with E-state index in [1.165, 1.54) is 10.9 Å². The van der Waals surface area contributed by atoms with Gasteiger partial charge in [0.25, 0.3) is 0 Å². The van der Waals surface area contributed by atoms with E-state index in [-0.39, 0.29) is 18.2 Å². The second-order valence-electron chi connectivity index (χ2n) is 6.23. The molecule has 10 heteroatoms. The summed E-state index contributed by atoms with van der Waals surface area (Å²) in [7, 11) is 0. The Balaban J connectivity index is 1.91. The van der Waals surface area contributed by atoms with Gasteiger partial charge in [-0.1, -0.05) is 19.3 Å². The molecule has 0 spiro atoms. The van der Waals surface area contributed by atoms with Crippen LogP contribution in [0, 0.1) is 11.8 Å². The van der Waals surface area contributed by atoms with Crippen LogP contribution < -0.4 is 11.1 Å². The molecule has 1 fully saturated rings. The summed E-state index contributed by atoms with van der Waals surface area (Å²) in [5, 5.41) is 22.9. The number of carbonyl (C=O) groups is 1. The first-order chi connectivity index (χ1) is 13.1. The van der Waals surface area contributed by atoms with Crippen molar-refractivity contribution in [1.29, 1.82) is 0 Å². The van der Waals surface area contributed by atoms with E-state index in [1.54, 1.807) is 0 Å². The highest BCUT2D eigenvalue weighted by Crippen LogP contribution is 2.31. The molecule has 0 aliphatic carbocycles. The molecule has 5 N–H and O–H groups in total. The average molecular weight is 374 g/mol. The second-order valence-corrected chi connectivity index (χ2v) is 6.23. The quantitative estimate of drug-likeness (QED) is 0.295. The van der Waals surface area contributed by atoms with Gasteiger partial charge in [-0.15, -0.1) is 0 Å². The molecule has 0 aromatic carbocycles. The summed E-state index contributed by atoms with van der Waals surface area (Å²) in [6.45, 7) is 2.15. The van der Waals surface area contributed by atoms with Gasteiger partial charge in [-0.3, -0.25) is 9.36 Å². The number of hydrogen-bond acceptors (Lipinski definition) is 8. The third-order valence-corrected chi connectivity index (χ3v) is 4.32. The lowest BCUT2D eigenvalue weighted by molar-refractivity contribution is -0.110. The summed E-state index contributed by atoms with van der Waals surface area (Å²) < 4.78 is 7.18. The minimum absolute atomic E-state index is 0.0656. The zero-order valence-electron chi connectivity index (χ0n) is 14.9. The van der Waals surface area contributed by atoms with Gasteiger partial charge in [0.1, 0.15) is 23.8 Å². The zero-order chi connectivity index (χ0) is 19.4. The number of ether oxygens (including phenoxy) is 1. The molecular weight excluding hydrogens is 352 g/mol. The third-order valence-electron chi connectivity index (χ3n) is 4.32. The fraction of sp³-hybridized carbons (Fsp3) is 0.529. The van der Waals surface area contributed by atoms with Gasteiger partial charge >= 0.3 is 0 Å². The molecule has 1 aliphatic heterocycles. The lowest BCUT2D eigenvalue weighted by Gasteiger charge is -2.16. The Kier molecular flexibility index (Phi) is 5.85. The Morgan fingerprint density at radius 3 is 2.96 bits per heavy atom. The second kappa shape index (κ2) is 8.30. The Hall–Kier alpha value is -2.74. The molecule has 1 amide bonds. The van der Waals surface area contributed by atoms with Gasteiger partial charge in [-0.2, -0.15) is 0 Å². The zero-order valence-corrected chi connectivity index (χ0v) is 14.9. The normalized spacial score (nSPS) is 24.6. The number of carbonyl (C=O) groups excluding carboxylic acids is 1. The number of aliphatic hydroxyl groups excluding tert-OH is 2. The minimum Gasteiger partial charge on any atom is -0.387 e. The van der Waals surface area contributed by atoms with Gasteiger partial charge < -0.3 is 26.0 Å². The molecular formula is C17H22N6O4. The smallest absolute Gasteiger partial charge is 0.208 e. The maximum Gasteiger partial charge on any atom is 0.208 e. The summed E-state index contributed by atoms with van der Waals surface area (Å²) in [4.78, 5) is 23.2. The lowest BCUT2D eigenvalue weighted by atomic mass is 10.1. The van der Waals surface area contributed by atoms with Gasteiger partial charge in [0.05, 0.1) is 6.33 Å². The predicted molar refractivity (Wildman–Crippen MR) is 96.1 cm³/mol. The number of imidazole rings is 1. The van der Waals surface area contributed by atoms with Crippen LogP contribution in [-0.4, -0.2) is 61.0 Å². The van der Waals surface area contributed by atoms with Crippen molar-refractivity contribution < 1.29 is 19.7 Å². The molecule has 1 saturated heterocycles. The number of nitrogens with one attached hydrogen (secondary N) is 1. The van der Waals surface area contributed by atoms with Crippen LogP contribution in [0.15, 0.2) is 6.33 Å². The van der Waals surface area contributed by atoms with Crippen LogP contribution in [0.5, 0.6) is 0 Å². The Morgan fingerprint density at radius 1 is 1.41 bits per heavy atom. The van der Waals surface area contributed by atoms with Crippen LogP contribution >= 0.6 is 0 Å². The number of unbranched alkanes of at least 4 members (excludes halogenated alkanes) is 2. The van der Waals surface area contributed by atoms with E-state index in [1.807, 2.05) is 0 Å². The van der Waals surface area contributed by atoms with E-state index in [2.05, 4.69) is 39.0 Å². The highest BCUT2D eigenvalue weighted by molar-refractivity contribution is 5.82. The van der Waals surface area contributed by atoms with Crippen molar-refractivity contribution in [1.82, 2.24) is 24.8 Å². The van der Waals surface area contributed by atoms with Crippen molar-refractivity contribution in [3.05, 3.63) is 12.2 Å². The molecule has 10 nitrogen and oxygen atoms in total. The molecule has 2 aromatic rings. The average Bonchev–Trinajstić information content (AvgIpc) is 3.19. The number of aromatic nitrogens is 4. The molecule has 2 aromatic heterocycles. The van der Waals surface area contributed by atoms with Gasteiger partial charge in [0.2, 0.25) is 12.2 Å². The third kappa shape index (κ3) is 3.85. The van der Waals surface area contributed by atoms with Crippen molar-refractivity contribution >= 4 is 23.4 Å². The predicted octanol–water partition coefficient (Wildman–Crippen LogP) is -0.685. The number of anilines is 1. The van der Waals surface area contributed by atoms with Crippen LogP contribution in [0.1, 0.15) is 38.2 Å². The van der Waals surface area contributed by atoms with Gasteiger partial charge in [-0.05, 0) is 12.3 Å². The summed E-state index contributed by atoms with van der Waals surface area (Å²) in [5.41, 5.74) is 6.66. The van der Waals surface area contributed by atoms with Crippen LogP contribution in [0.4, 0.5) is 5.82 Å². The van der Waals surface area contributed by atoms with Crippen molar-refractivity contribution in [2.45, 2.75) is 50.7 Å². The SMILES string of the molecule is CCCCC#Cc1nc(N)c2ncn(C3O[C@H](CNC=O)[C@@H](O)[C@H]3O)c2n1. The first-order valence-electron chi connectivity index (χ1n) is 8.74. The first kappa shape index (κ1) is 19.0. The Bertz CT molecular complexity index is 873. The maximum atomic E-state index is 10.5. The number of rotatable bonds is 6. The van der Waals surface area contributed by atoms with E-state index in [9.17, 15) is 15.0 Å². The molecule has 3 rings (SSSR count). The largest absolute Gasteiger partial charge is 0.387 e. The number of nitrogens with zero attached hydrogens (tertiary/aromatic N) is 4. The van der Waals surface area contributed by atoms with Crippen LogP contribution in [0.2, 0.25) is 0 Å². The first-order valence-corrected chi connectivity index (χ1v) is 8.74. The standard InChI is InChI=1S/C17H22N6O4/c1-2-3-4-5-6-11-21-15(18)12-16(22-11)23(8-20-12)17-14(26)13(25)10(27-17)7-19-9-24/h8-10,13-14,17,25-26H,2-4,7H2,1H3,(H,19,24)(H2,18,21,22)/t10-,13-,14-,17?/m1/s1. The highest BCUT2D eigenvalue weighted by Gasteiger charge is 2.44. The van der Waals surface area contributed by atoms with E-state index < -0.39 is 24.5 Å².